The Bertz CT molecular complexity index is 90.2. The molecule has 0 saturated carbocycles. The van der Waals surface area contributed by atoms with Gasteiger partial charge in [-0.3, -0.25) is 0 Å². The van der Waals surface area contributed by atoms with E-state index in [1.54, 1.807) is 0 Å². The Hall–Kier alpha value is -0.260. The molecule has 59 valence electrons. The highest BCUT2D eigenvalue weighted by molar-refractivity contribution is 4.96. The van der Waals surface area contributed by atoms with Gasteiger partial charge in [0.25, 0.3) is 0 Å². The summed E-state index contributed by atoms with van der Waals surface area (Å²) in [5.41, 5.74) is 0. The predicted octanol–water partition coefficient (Wildman–Crippen LogP) is 3.45. The first-order valence-corrected chi connectivity index (χ1v) is 4.18. The largest absolute Gasteiger partial charge is 0.0849 e. The normalized spacial score (nSPS) is 14.9. The molecular formula is C10H19. The monoisotopic (exact) mass is 139 g/mol. The van der Waals surface area contributed by atoms with Crippen LogP contribution in [0.1, 0.15) is 34.1 Å². The van der Waals surface area contributed by atoms with Crippen molar-refractivity contribution in [3.05, 3.63) is 18.6 Å². The fraction of sp³-hybridized carbons (Fsp3) is 0.700. The highest BCUT2D eigenvalue weighted by Gasteiger charge is 2.04. The van der Waals surface area contributed by atoms with Gasteiger partial charge in [0.05, 0.1) is 0 Å². The first-order valence-electron chi connectivity index (χ1n) is 4.18. The molecule has 0 aliphatic heterocycles. The summed E-state index contributed by atoms with van der Waals surface area (Å²) in [4.78, 5) is 0. The number of hydrogen-bond acceptors (Lipinski definition) is 0. The molecule has 0 rings (SSSR count). The smallest absolute Gasteiger partial charge is 0.0201 e. The zero-order valence-electron chi connectivity index (χ0n) is 7.59. The van der Waals surface area contributed by atoms with Crippen LogP contribution in [0.25, 0.3) is 0 Å². The summed E-state index contributed by atoms with van der Waals surface area (Å²) in [5.74, 6) is 1.54. The van der Waals surface area contributed by atoms with E-state index in [9.17, 15) is 0 Å². The molecule has 1 unspecified atom stereocenters. The summed E-state index contributed by atoms with van der Waals surface area (Å²) < 4.78 is 0. The molecule has 0 nitrogen and oxygen atoms in total. The maximum Gasteiger partial charge on any atom is -0.0201 e. The molecule has 0 amide bonds. The molecule has 0 aliphatic carbocycles. The quantitative estimate of drug-likeness (QED) is 0.559. The van der Waals surface area contributed by atoms with E-state index in [1.807, 2.05) is 0 Å². The summed E-state index contributed by atoms with van der Waals surface area (Å²) in [6.07, 6.45) is 7.78. The van der Waals surface area contributed by atoms with Crippen molar-refractivity contribution in [1.29, 1.82) is 0 Å². The number of allylic oxidation sites excluding steroid dienone is 2. The zero-order chi connectivity index (χ0) is 7.98. The second-order valence-electron chi connectivity index (χ2n) is 3.03. The Morgan fingerprint density at radius 1 is 1.30 bits per heavy atom. The SMILES string of the molecule is C[CH]C=CC(CC)C(C)C. The van der Waals surface area contributed by atoms with Gasteiger partial charge in [0.2, 0.25) is 0 Å². The third kappa shape index (κ3) is 3.71. The highest BCUT2D eigenvalue weighted by atomic mass is 14.1. The van der Waals surface area contributed by atoms with Crippen molar-refractivity contribution in [3.8, 4) is 0 Å². The molecule has 0 aromatic rings. The lowest BCUT2D eigenvalue weighted by Gasteiger charge is -2.13. The lowest BCUT2D eigenvalue weighted by molar-refractivity contribution is 0.453. The van der Waals surface area contributed by atoms with Gasteiger partial charge in [-0.2, -0.15) is 0 Å². The van der Waals surface area contributed by atoms with Crippen molar-refractivity contribution >= 4 is 0 Å². The van der Waals surface area contributed by atoms with Crippen molar-refractivity contribution in [3.63, 3.8) is 0 Å². The lowest BCUT2D eigenvalue weighted by Crippen LogP contribution is -2.03. The minimum atomic E-state index is 0.760. The lowest BCUT2D eigenvalue weighted by atomic mass is 9.93. The van der Waals surface area contributed by atoms with Crippen molar-refractivity contribution < 1.29 is 0 Å². The Balaban J connectivity index is 3.71. The first-order chi connectivity index (χ1) is 4.72. The average Bonchev–Trinajstić information content (AvgIpc) is 1.89. The van der Waals surface area contributed by atoms with Gasteiger partial charge in [0, 0.05) is 0 Å². The van der Waals surface area contributed by atoms with Gasteiger partial charge in [-0.25, -0.2) is 0 Å². The van der Waals surface area contributed by atoms with Crippen molar-refractivity contribution in [2.45, 2.75) is 34.1 Å². The molecular weight excluding hydrogens is 120 g/mol. The molecule has 0 heterocycles. The summed E-state index contributed by atoms with van der Waals surface area (Å²) in [5, 5.41) is 0. The van der Waals surface area contributed by atoms with Crippen LogP contribution in [-0.4, -0.2) is 0 Å². The Labute approximate surface area is 65.3 Å². The first kappa shape index (κ1) is 9.74. The van der Waals surface area contributed by atoms with Crippen LogP contribution in [0.4, 0.5) is 0 Å². The number of rotatable bonds is 4. The van der Waals surface area contributed by atoms with Crippen LogP contribution in [0.15, 0.2) is 12.2 Å². The van der Waals surface area contributed by atoms with Gasteiger partial charge in [-0.05, 0) is 24.7 Å². The summed E-state index contributed by atoms with van der Waals surface area (Å²) in [7, 11) is 0. The maximum absolute atomic E-state index is 2.30. The Morgan fingerprint density at radius 3 is 2.20 bits per heavy atom. The fourth-order valence-corrected chi connectivity index (χ4v) is 1.08. The fourth-order valence-electron chi connectivity index (χ4n) is 1.08. The summed E-state index contributed by atoms with van der Waals surface area (Å²) >= 11 is 0. The predicted molar refractivity (Wildman–Crippen MR) is 47.7 cm³/mol. The van der Waals surface area contributed by atoms with Gasteiger partial charge in [0.1, 0.15) is 0 Å². The van der Waals surface area contributed by atoms with Crippen molar-refractivity contribution in [1.82, 2.24) is 0 Å². The van der Waals surface area contributed by atoms with Gasteiger partial charge in [-0.1, -0.05) is 39.8 Å². The molecule has 0 N–H and O–H groups in total. The third-order valence-corrected chi connectivity index (χ3v) is 1.88. The molecule has 0 heteroatoms. The minimum absolute atomic E-state index is 0.760. The molecule has 0 bridgehead atoms. The molecule has 1 atom stereocenters. The van der Waals surface area contributed by atoms with Gasteiger partial charge in [-0.15, -0.1) is 0 Å². The second kappa shape index (κ2) is 5.52. The van der Waals surface area contributed by atoms with Gasteiger partial charge in [0.15, 0.2) is 0 Å². The van der Waals surface area contributed by atoms with E-state index in [0.29, 0.717) is 0 Å². The molecule has 1 radical (unpaired) electrons. The van der Waals surface area contributed by atoms with Crippen LogP contribution in [0, 0.1) is 18.3 Å². The molecule has 0 saturated heterocycles. The standard InChI is InChI=1S/C10H19/c1-5-7-8-10(6-2)9(3)4/h5,7-10H,6H2,1-4H3. The van der Waals surface area contributed by atoms with Crippen LogP contribution >= 0.6 is 0 Å². The second-order valence-corrected chi connectivity index (χ2v) is 3.03. The topological polar surface area (TPSA) is 0 Å². The van der Waals surface area contributed by atoms with E-state index < -0.39 is 0 Å². The molecule has 0 fully saturated rings. The summed E-state index contributed by atoms with van der Waals surface area (Å²) in [6.45, 7) is 8.84. The van der Waals surface area contributed by atoms with Gasteiger partial charge < -0.3 is 0 Å². The molecule has 0 spiro atoms. The minimum Gasteiger partial charge on any atom is -0.0849 e. The van der Waals surface area contributed by atoms with Crippen LogP contribution in [-0.2, 0) is 0 Å². The zero-order valence-corrected chi connectivity index (χ0v) is 7.59. The van der Waals surface area contributed by atoms with Crippen LogP contribution in [0.5, 0.6) is 0 Å². The molecule has 0 aromatic heterocycles. The van der Waals surface area contributed by atoms with E-state index in [2.05, 4.69) is 46.3 Å². The highest BCUT2D eigenvalue weighted by Crippen LogP contribution is 2.15. The number of hydrogen-bond donors (Lipinski definition) is 0. The van der Waals surface area contributed by atoms with Crippen LogP contribution in [0.2, 0.25) is 0 Å². The van der Waals surface area contributed by atoms with Gasteiger partial charge >= 0.3 is 0 Å². The molecule has 0 aliphatic rings. The van der Waals surface area contributed by atoms with E-state index in [1.165, 1.54) is 6.42 Å². The average molecular weight is 139 g/mol. The maximum atomic E-state index is 2.30. The molecule has 10 heavy (non-hydrogen) atoms. The van der Waals surface area contributed by atoms with Crippen molar-refractivity contribution in [2.75, 3.05) is 0 Å². The van der Waals surface area contributed by atoms with Crippen LogP contribution in [0.3, 0.4) is 0 Å². The Kier molecular flexibility index (Phi) is 5.38. The van der Waals surface area contributed by atoms with E-state index in [4.69, 9.17) is 0 Å². The summed E-state index contributed by atoms with van der Waals surface area (Å²) in [6, 6.07) is 0. The Morgan fingerprint density at radius 2 is 1.90 bits per heavy atom. The third-order valence-electron chi connectivity index (χ3n) is 1.88. The molecule has 0 aromatic carbocycles. The van der Waals surface area contributed by atoms with Crippen molar-refractivity contribution in [2.24, 2.45) is 11.8 Å². The van der Waals surface area contributed by atoms with E-state index in [0.717, 1.165) is 11.8 Å². The van der Waals surface area contributed by atoms with Crippen LogP contribution < -0.4 is 0 Å². The van der Waals surface area contributed by atoms with E-state index in [-0.39, 0.29) is 0 Å². The van der Waals surface area contributed by atoms with E-state index >= 15 is 0 Å².